The average Bonchev–Trinajstić information content (AvgIpc) is 2.94. The van der Waals surface area contributed by atoms with Gasteiger partial charge in [0.25, 0.3) is 5.91 Å². The quantitative estimate of drug-likeness (QED) is 0.755. The molecule has 6 heteroatoms. The Bertz CT molecular complexity index is 483. The number of aliphatic carboxylic acids is 1. The van der Waals surface area contributed by atoms with E-state index in [9.17, 15) is 14.7 Å². The van der Waals surface area contributed by atoms with Crippen LogP contribution in [0, 0.1) is 11.8 Å². The molecule has 1 aliphatic rings. The number of amides is 1. The molecule has 1 aromatic rings. The number of rotatable bonds is 5. The highest BCUT2D eigenvalue weighted by Crippen LogP contribution is 2.29. The van der Waals surface area contributed by atoms with Crippen LogP contribution in [-0.2, 0) is 11.3 Å². The Hall–Kier alpha value is -1.82. The number of carboxylic acids is 1. The van der Waals surface area contributed by atoms with E-state index in [1.54, 1.807) is 12.1 Å². The van der Waals surface area contributed by atoms with Crippen LogP contribution in [0.2, 0.25) is 0 Å². The first-order valence-corrected chi connectivity index (χ1v) is 6.91. The fourth-order valence-electron chi connectivity index (χ4n) is 2.70. The first-order chi connectivity index (χ1) is 9.61. The molecule has 20 heavy (non-hydrogen) atoms. The Labute approximate surface area is 117 Å². The van der Waals surface area contributed by atoms with Gasteiger partial charge in [0, 0.05) is 6.54 Å². The monoisotopic (exact) mass is 280 g/mol. The maximum atomic E-state index is 11.9. The van der Waals surface area contributed by atoms with E-state index in [0.29, 0.717) is 18.7 Å². The SMILES string of the molecule is NCc1ccc(C(=O)NCC2CCCCC2C(=O)O)o1. The number of carboxylic acid groups (broad SMARTS) is 1. The maximum Gasteiger partial charge on any atom is 0.306 e. The summed E-state index contributed by atoms with van der Waals surface area (Å²) in [5.74, 6) is -0.689. The summed E-state index contributed by atoms with van der Waals surface area (Å²) in [6, 6.07) is 3.24. The molecule has 1 saturated carbocycles. The summed E-state index contributed by atoms with van der Waals surface area (Å²) in [5.41, 5.74) is 5.41. The Morgan fingerprint density at radius 3 is 2.75 bits per heavy atom. The van der Waals surface area contributed by atoms with Crippen molar-refractivity contribution in [2.45, 2.75) is 32.2 Å². The van der Waals surface area contributed by atoms with Gasteiger partial charge >= 0.3 is 5.97 Å². The molecule has 0 saturated heterocycles. The lowest BCUT2D eigenvalue weighted by Gasteiger charge is -2.28. The van der Waals surface area contributed by atoms with Gasteiger partial charge in [-0.2, -0.15) is 0 Å². The van der Waals surface area contributed by atoms with Crippen molar-refractivity contribution in [1.82, 2.24) is 5.32 Å². The standard InChI is InChI=1S/C14H20N2O4/c15-7-10-5-6-12(20-10)13(17)16-8-9-3-1-2-4-11(9)14(18)19/h5-6,9,11H,1-4,7-8,15H2,(H,16,17)(H,18,19). The number of carbonyl (C=O) groups is 2. The number of hydrogen-bond acceptors (Lipinski definition) is 4. The number of nitrogens with two attached hydrogens (primary N) is 1. The van der Waals surface area contributed by atoms with Crippen LogP contribution >= 0.6 is 0 Å². The highest BCUT2D eigenvalue weighted by molar-refractivity contribution is 5.91. The Kier molecular flexibility index (Phi) is 4.79. The summed E-state index contributed by atoms with van der Waals surface area (Å²) in [6.07, 6.45) is 3.49. The van der Waals surface area contributed by atoms with E-state index in [0.717, 1.165) is 19.3 Å². The summed E-state index contributed by atoms with van der Waals surface area (Å²) in [5, 5.41) is 11.9. The minimum absolute atomic E-state index is 0.00542. The van der Waals surface area contributed by atoms with E-state index in [1.807, 2.05) is 0 Å². The van der Waals surface area contributed by atoms with Gasteiger partial charge in [0.1, 0.15) is 5.76 Å². The largest absolute Gasteiger partial charge is 0.481 e. The van der Waals surface area contributed by atoms with Crippen molar-refractivity contribution in [2.24, 2.45) is 17.6 Å². The lowest BCUT2D eigenvalue weighted by atomic mass is 9.79. The number of hydrogen-bond donors (Lipinski definition) is 3. The Morgan fingerprint density at radius 1 is 1.35 bits per heavy atom. The predicted molar refractivity (Wildman–Crippen MR) is 72.0 cm³/mol. The third-order valence-corrected chi connectivity index (χ3v) is 3.84. The molecule has 0 radical (unpaired) electrons. The molecular weight excluding hydrogens is 260 g/mol. The van der Waals surface area contributed by atoms with E-state index < -0.39 is 5.97 Å². The molecular formula is C14H20N2O4. The van der Waals surface area contributed by atoms with Gasteiger partial charge in [0.05, 0.1) is 12.5 Å². The topological polar surface area (TPSA) is 106 Å². The van der Waals surface area contributed by atoms with Crippen LogP contribution in [0.15, 0.2) is 16.5 Å². The lowest BCUT2D eigenvalue weighted by molar-refractivity contribution is -0.144. The molecule has 2 rings (SSSR count). The van der Waals surface area contributed by atoms with E-state index in [-0.39, 0.29) is 30.0 Å². The summed E-state index contributed by atoms with van der Waals surface area (Å²) >= 11 is 0. The first-order valence-electron chi connectivity index (χ1n) is 6.91. The van der Waals surface area contributed by atoms with Crippen LogP contribution in [-0.4, -0.2) is 23.5 Å². The molecule has 1 aromatic heterocycles. The first kappa shape index (κ1) is 14.6. The van der Waals surface area contributed by atoms with Gasteiger partial charge in [-0.15, -0.1) is 0 Å². The summed E-state index contributed by atoms with van der Waals surface area (Å²) < 4.78 is 5.26. The van der Waals surface area contributed by atoms with Gasteiger partial charge < -0.3 is 20.6 Å². The third-order valence-electron chi connectivity index (χ3n) is 3.84. The van der Waals surface area contributed by atoms with Gasteiger partial charge in [-0.3, -0.25) is 9.59 Å². The fourth-order valence-corrected chi connectivity index (χ4v) is 2.70. The lowest BCUT2D eigenvalue weighted by Crippen LogP contribution is -2.37. The van der Waals surface area contributed by atoms with Crippen molar-refractivity contribution in [3.8, 4) is 0 Å². The van der Waals surface area contributed by atoms with Crippen LogP contribution in [0.3, 0.4) is 0 Å². The molecule has 110 valence electrons. The molecule has 6 nitrogen and oxygen atoms in total. The minimum Gasteiger partial charge on any atom is -0.481 e. The van der Waals surface area contributed by atoms with Gasteiger partial charge in [0.2, 0.25) is 0 Å². The van der Waals surface area contributed by atoms with Crippen LogP contribution in [0.4, 0.5) is 0 Å². The maximum absolute atomic E-state index is 11.9. The van der Waals surface area contributed by atoms with E-state index in [4.69, 9.17) is 10.2 Å². The molecule has 1 fully saturated rings. The molecule has 2 atom stereocenters. The highest BCUT2D eigenvalue weighted by atomic mass is 16.4. The zero-order chi connectivity index (χ0) is 14.5. The molecule has 4 N–H and O–H groups in total. The van der Waals surface area contributed by atoms with Crippen LogP contribution in [0.1, 0.15) is 42.0 Å². The van der Waals surface area contributed by atoms with Gasteiger partial charge in [-0.05, 0) is 30.9 Å². The third kappa shape index (κ3) is 3.39. The van der Waals surface area contributed by atoms with Gasteiger partial charge in [-0.1, -0.05) is 12.8 Å². The zero-order valence-electron chi connectivity index (χ0n) is 11.3. The number of carbonyl (C=O) groups excluding carboxylic acids is 1. The fraction of sp³-hybridized carbons (Fsp3) is 0.571. The zero-order valence-corrected chi connectivity index (χ0v) is 11.3. The van der Waals surface area contributed by atoms with Gasteiger partial charge in [0.15, 0.2) is 5.76 Å². The summed E-state index contributed by atoms with van der Waals surface area (Å²) in [6.45, 7) is 0.617. The smallest absolute Gasteiger partial charge is 0.306 e. The van der Waals surface area contributed by atoms with Crippen LogP contribution < -0.4 is 11.1 Å². The second kappa shape index (κ2) is 6.56. The average molecular weight is 280 g/mol. The summed E-state index contributed by atoms with van der Waals surface area (Å²) in [7, 11) is 0. The van der Waals surface area contributed by atoms with E-state index in [2.05, 4.69) is 5.32 Å². The van der Waals surface area contributed by atoms with Crippen molar-refractivity contribution < 1.29 is 19.1 Å². The van der Waals surface area contributed by atoms with Crippen molar-refractivity contribution in [3.63, 3.8) is 0 Å². The molecule has 1 aliphatic carbocycles. The minimum atomic E-state index is -0.771. The van der Waals surface area contributed by atoms with Crippen LogP contribution in [0.5, 0.6) is 0 Å². The van der Waals surface area contributed by atoms with Gasteiger partial charge in [-0.25, -0.2) is 0 Å². The highest BCUT2D eigenvalue weighted by Gasteiger charge is 2.31. The van der Waals surface area contributed by atoms with Crippen molar-refractivity contribution in [3.05, 3.63) is 23.7 Å². The van der Waals surface area contributed by atoms with E-state index >= 15 is 0 Å². The van der Waals surface area contributed by atoms with Crippen molar-refractivity contribution in [1.29, 1.82) is 0 Å². The number of nitrogens with one attached hydrogen (secondary N) is 1. The molecule has 1 amide bonds. The Morgan fingerprint density at radius 2 is 2.10 bits per heavy atom. The second-order valence-electron chi connectivity index (χ2n) is 5.17. The molecule has 0 bridgehead atoms. The van der Waals surface area contributed by atoms with Crippen molar-refractivity contribution in [2.75, 3.05) is 6.54 Å². The predicted octanol–water partition coefficient (Wildman–Crippen LogP) is 1.36. The molecule has 1 heterocycles. The molecule has 2 unspecified atom stereocenters. The molecule has 0 spiro atoms. The summed E-state index contributed by atoms with van der Waals surface area (Å²) in [4.78, 5) is 23.1. The molecule has 0 aromatic carbocycles. The van der Waals surface area contributed by atoms with E-state index in [1.165, 1.54) is 0 Å². The normalized spacial score (nSPS) is 22.4. The second-order valence-corrected chi connectivity index (χ2v) is 5.17. The number of furan rings is 1. The molecule has 0 aliphatic heterocycles. The van der Waals surface area contributed by atoms with Crippen molar-refractivity contribution >= 4 is 11.9 Å². The van der Waals surface area contributed by atoms with Crippen LogP contribution in [0.25, 0.3) is 0 Å². The Balaban J connectivity index is 1.90.